The van der Waals surface area contributed by atoms with Crippen molar-refractivity contribution >= 4 is 17.3 Å². The maximum atomic E-state index is 14.0. The van der Waals surface area contributed by atoms with Crippen LogP contribution in [-0.4, -0.2) is 63.9 Å². The van der Waals surface area contributed by atoms with Crippen LogP contribution in [0.2, 0.25) is 0 Å². The lowest BCUT2D eigenvalue weighted by molar-refractivity contribution is 0.0365. The molecule has 0 saturated carbocycles. The van der Waals surface area contributed by atoms with Gasteiger partial charge in [-0.3, -0.25) is 9.88 Å². The molecule has 2 aliphatic rings. The normalized spacial score (nSPS) is 21.4. The second kappa shape index (κ2) is 9.99. The third-order valence-electron chi connectivity index (χ3n) is 6.34. The van der Waals surface area contributed by atoms with E-state index in [-0.39, 0.29) is 17.9 Å². The van der Waals surface area contributed by atoms with Gasteiger partial charge >= 0.3 is 0 Å². The van der Waals surface area contributed by atoms with E-state index in [1.165, 1.54) is 6.07 Å². The second-order valence-electron chi connectivity index (χ2n) is 8.41. The molecule has 5 rings (SSSR count). The van der Waals surface area contributed by atoms with Crippen molar-refractivity contribution in [2.75, 3.05) is 39.4 Å². The molecule has 172 valence electrons. The number of hydrogen-bond acceptors (Lipinski definition) is 4. The van der Waals surface area contributed by atoms with Gasteiger partial charge in [0.2, 0.25) is 0 Å². The highest BCUT2D eigenvalue weighted by Gasteiger charge is 2.41. The Morgan fingerprint density at radius 1 is 1.06 bits per heavy atom. The molecular weight excluding hydrogens is 437 g/mol. The molecule has 1 aromatic carbocycles. The lowest BCUT2D eigenvalue weighted by atomic mass is 10.0. The number of rotatable bonds is 7. The molecule has 2 saturated heterocycles. The minimum absolute atomic E-state index is 0.0599. The molecule has 3 aromatic rings. The standard InChI is InChI=1S/C25H28FN5OS/c26-19-6-3-7-20(18-19)30-12-4-9-22(30)24-23(21-8-1-2-10-27-21)28-25(33)31(24)13-5-11-29-14-16-32-17-15-29/h1-4,6-10,12,18,23-24H,5,11,13-17H2,(H,28,33)/t23-,24-/m1/s1. The molecule has 1 N–H and O–H groups in total. The Morgan fingerprint density at radius 3 is 2.73 bits per heavy atom. The first-order chi connectivity index (χ1) is 16.2. The van der Waals surface area contributed by atoms with Crippen LogP contribution in [0.4, 0.5) is 4.39 Å². The zero-order valence-electron chi connectivity index (χ0n) is 18.4. The van der Waals surface area contributed by atoms with Gasteiger partial charge in [-0.15, -0.1) is 0 Å². The third kappa shape index (κ3) is 4.78. The first-order valence-corrected chi connectivity index (χ1v) is 11.8. The number of nitrogens with zero attached hydrogens (tertiary/aromatic N) is 4. The van der Waals surface area contributed by atoms with E-state index in [2.05, 4.69) is 26.2 Å². The van der Waals surface area contributed by atoms with Crippen molar-refractivity contribution < 1.29 is 9.13 Å². The summed E-state index contributed by atoms with van der Waals surface area (Å²) >= 11 is 5.80. The fourth-order valence-corrected chi connectivity index (χ4v) is 5.09. The van der Waals surface area contributed by atoms with Crippen LogP contribution in [-0.2, 0) is 4.74 Å². The minimum Gasteiger partial charge on any atom is -0.379 e. The molecule has 2 atom stereocenters. The largest absolute Gasteiger partial charge is 0.379 e. The first kappa shape index (κ1) is 22.0. The topological polar surface area (TPSA) is 45.6 Å². The number of hydrogen-bond donors (Lipinski definition) is 1. The molecule has 8 heteroatoms. The Morgan fingerprint density at radius 2 is 1.94 bits per heavy atom. The Labute approximate surface area is 199 Å². The molecule has 0 unspecified atom stereocenters. The highest BCUT2D eigenvalue weighted by Crippen LogP contribution is 2.39. The summed E-state index contributed by atoms with van der Waals surface area (Å²) in [4.78, 5) is 9.33. The predicted octanol–water partition coefficient (Wildman–Crippen LogP) is 3.71. The van der Waals surface area contributed by atoms with Gasteiger partial charge < -0.3 is 19.5 Å². The first-order valence-electron chi connectivity index (χ1n) is 11.4. The second-order valence-corrected chi connectivity index (χ2v) is 8.80. The minimum atomic E-state index is -0.254. The zero-order valence-corrected chi connectivity index (χ0v) is 19.3. The van der Waals surface area contributed by atoms with Crippen LogP contribution in [0.1, 0.15) is 29.9 Å². The molecule has 33 heavy (non-hydrogen) atoms. The van der Waals surface area contributed by atoms with Crippen LogP contribution in [0.15, 0.2) is 67.0 Å². The van der Waals surface area contributed by atoms with Crippen LogP contribution < -0.4 is 5.32 Å². The van der Waals surface area contributed by atoms with Gasteiger partial charge in [0.25, 0.3) is 0 Å². The van der Waals surface area contributed by atoms with E-state index in [9.17, 15) is 4.39 Å². The van der Waals surface area contributed by atoms with Crippen LogP contribution in [0.3, 0.4) is 0 Å². The van der Waals surface area contributed by atoms with Gasteiger partial charge in [0.1, 0.15) is 5.82 Å². The Hall–Kier alpha value is -2.81. The quantitative estimate of drug-likeness (QED) is 0.537. The molecule has 2 aromatic heterocycles. The van der Waals surface area contributed by atoms with Gasteiger partial charge in [0, 0.05) is 50.0 Å². The summed E-state index contributed by atoms with van der Waals surface area (Å²) in [5.74, 6) is -0.254. The number of pyridine rings is 1. The Bertz CT molecular complexity index is 1090. The summed E-state index contributed by atoms with van der Waals surface area (Å²) in [6.45, 7) is 5.39. The number of thiocarbonyl (C=S) groups is 1. The van der Waals surface area contributed by atoms with E-state index < -0.39 is 0 Å². The maximum absolute atomic E-state index is 14.0. The summed E-state index contributed by atoms with van der Waals surface area (Å²) in [6.07, 6.45) is 4.78. The van der Waals surface area contributed by atoms with Crippen molar-refractivity contribution in [3.63, 3.8) is 0 Å². The predicted molar refractivity (Wildman–Crippen MR) is 130 cm³/mol. The number of benzene rings is 1. The zero-order chi connectivity index (χ0) is 22.6. The van der Waals surface area contributed by atoms with Gasteiger partial charge in [-0.05, 0) is 61.1 Å². The van der Waals surface area contributed by atoms with Crippen molar-refractivity contribution in [2.45, 2.75) is 18.5 Å². The van der Waals surface area contributed by atoms with Crippen molar-refractivity contribution in [1.82, 2.24) is 24.7 Å². The van der Waals surface area contributed by atoms with E-state index in [1.807, 2.05) is 47.3 Å². The summed E-state index contributed by atoms with van der Waals surface area (Å²) < 4.78 is 21.5. The van der Waals surface area contributed by atoms with Crippen molar-refractivity contribution in [3.8, 4) is 5.69 Å². The molecule has 4 heterocycles. The molecule has 2 fully saturated rings. The van der Waals surface area contributed by atoms with Gasteiger partial charge in [0.15, 0.2) is 5.11 Å². The average Bonchev–Trinajstić information content (AvgIpc) is 3.45. The highest BCUT2D eigenvalue weighted by atomic mass is 32.1. The maximum Gasteiger partial charge on any atom is 0.170 e. The summed E-state index contributed by atoms with van der Waals surface area (Å²) in [5, 5.41) is 4.24. The van der Waals surface area contributed by atoms with E-state index in [0.29, 0.717) is 0 Å². The highest BCUT2D eigenvalue weighted by molar-refractivity contribution is 7.80. The van der Waals surface area contributed by atoms with Crippen LogP contribution in [0.5, 0.6) is 0 Å². The molecule has 0 amide bonds. The number of nitrogens with one attached hydrogen (secondary N) is 1. The van der Waals surface area contributed by atoms with Crippen LogP contribution >= 0.6 is 12.2 Å². The van der Waals surface area contributed by atoms with Gasteiger partial charge in [-0.25, -0.2) is 4.39 Å². The smallest absolute Gasteiger partial charge is 0.170 e. The summed E-state index contributed by atoms with van der Waals surface area (Å²) in [5.41, 5.74) is 2.78. The van der Waals surface area contributed by atoms with E-state index in [4.69, 9.17) is 17.0 Å². The van der Waals surface area contributed by atoms with Gasteiger partial charge in [0.05, 0.1) is 31.0 Å². The SMILES string of the molecule is Fc1cccc(-n2cccc2[C@@H]2[C@@H](c3ccccn3)NC(=S)N2CCCN2CCOCC2)c1. The molecule has 0 spiro atoms. The third-order valence-corrected chi connectivity index (χ3v) is 6.70. The van der Waals surface area contributed by atoms with Crippen molar-refractivity contribution in [2.24, 2.45) is 0 Å². The van der Waals surface area contributed by atoms with Crippen LogP contribution in [0, 0.1) is 5.82 Å². The molecule has 6 nitrogen and oxygen atoms in total. The number of halogens is 1. The summed E-state index contributed by atoms with van der Waals surface area (Å²) in [7, 11) is 0. The summed E-state index contributed by atoms with van der Waals surface area (Å²) in [6, 6.07) is 16.6. The van der Waals surface area contributed by atoms with E-state index >= 15 is 0 Å². The number of aromatic nitrogens is 2. The number of morpholine rings is 1. The number of ether oxygens (including phenoxy) is 1. The molecule has 0 bridgehead atoms. The monoisotopic (exact) mass is 465 g/mol. The van der Waals surface area contributed by atoms with E-state index in [1.54, 1.807) is 12.1 Å². The lowest BCUT2D eigenvalue weighted by Gasteiger charge is -2.31. The van der Waals surface area contributed by atoms with Gasteiger partial charge in [-0.2, -0.15) is 0 Å². The van der Waals surface area contributed by atoms with Gasteiger partial charge in [-0.1, -0.05) is 12.1 Å². The Kier molecular flexibility index (Phi) is 6.66. The fourth-order valence-electron chi connectivity index (χ4n) is 4.75. The fraction of sp³-hybridized carbons (Fsp3) is 0.360. The molecule has 2 aliphatic heterocycles. The van der Waals surface area contributed by atoms with Crippen molar-refractivity contribution in [3.05, 3.63) is 84.2 Å². The average molecular weight is 466 g/mol. The van der Waals surface area contributed by atoms with Crippen molar-refractivity contribution in [1.29, 1.82) is 0 Å². The lowest BCUT2D eigenvalue weighted by Crippen LogP contribution is -2.39. The van der Waals surface area contributed by atoms with Crippen LogP contribution in [0.25, 0.3) is 5.69 Å². The molecule has 0 radical (unpaired) electrons. The Balaban J connectivity index is 1.45. The molecule has 0 aliphatic carbocycles. The molecular formula is C25H28FN5OS. The van der Waals surface area contributed by atoms with E-state index in [0.717, 1.165) is 68.0 Å².